The number of rotatable bonds is 7. The van der Waals surface area contributed by atoms with E-state index < -0.39 is 0 Å². The summed E-state index contributed by atoms with van der Waals surface area (Å²) < 4.78 is 0. The van der Waals surface area contributed by atoms with E-state index in [0.717, 1.165) is 23.8 Å². The third-order valence-electron chi connectivity index (χ3n) is 5.19. The fourth-order valence-corrected chi connectivity index (χ4v) is 4.34. The Morgan fingerprint density at radius 2 is 1.77 bits per heavy atom. The van der Waals surface area contributed by atoms with Gasteiger partial charge in [-0.3, -0.25) is 14.6 Å². The van der Waals surface area contributed by atoms with Crippen molar-refractivity contribution in [2.45, 2.75) is 12.8 Å². The molecule has 7 nitrogen and oxygen atoms in total. The molecule has 3 aromatic rings. The van der Waals surface area contributed by atoms with E-state index in [1.807, 2.05) is 46.7 Å². The maximum Gasteiger partial charge on any atom is 0.226 e. The van der Waals surface area contributed by atoms with Crippen LogP contribution in [0.5, 0.6) is 0 Å². The molecular weight excluding hydrogens is 410 g/mol. The van der Waals surface area contributed by atoms with Gasteiger partial charge in [-0.1, -0.05) is 24.3 Å². The van der Waals surface area contributed by atoms with Gasteiger partial charge in [0.15, 0.2) is 0 Å². The predicted octanol–water partition coefficient (Wildman–Crippen LogP) is 2.60. The average molecular weight is 436 g/mol. The van der Waals surface area contributed by atoms with Gasteiger partial charge < -0.3 is 15.1 Å². The maximum absolute atomic E-state index is 12.5. The van der Waals surface area contributed by atoms with Gasteiger partial charge in [0.25, 0.3) is 0 Å². The molecule has 4 rings (SSSR count). The van der Waals surface area contributed by atoms with Gasteiger partial charge in [0.2, 0.25) is 11.8 Å². The molecule has 160 valence electrons. The minimum Gasteiger partial charge on any atom is -0.368 e. The van der Waals surface area contributed by atoms with Crippen molar-refractivity contribution in [3.63, 3.8) is 0 Å². The standard InChI is InChI=1S/C23H25N5O2S/c29-21(16-18-17-31-23(26-18)20-8-4-5-10-24-20)25-11-9-22(30)28-14-12-27(13-15-28)19-6-2-1-3-7-19/h1-8,10,17H,9,11-16H2,(H,25,29). The Labute approximate surface area is 185 Å². The normalized spacial score (nSPS) is 13.8. The molecule has 1 saturated heterocycles. The number of benzene rings is 1. The number of piperazine rings is 1. The van der Waals surface area contributed by atoms with Crippen molar-refractivity contribution in [3.05, 3.63) is 65.8 Å². The molecular formula is C23H25N5O2S. The highest BCUT2D eigenvalue weighted by Crippen LogP contribution is 2.21. The van der Waals surface area contributed by atoms with Gasteiger partial charge in [-0.2, -0.15) is 0 Å². The minimum atomic E-state index is -0.125. The molecule has 3 heterocycles. The molecule has 0 saturated carbocycles. The van der Waals surface area contributed by atoms with E-state index in [4.69, 9.17) is 0 Å². The average Bonchev–Trinajstić information content (AvgIpc) is 3.28. The van der Waals surface area contributed by atoms with E-state index in [1.54, 1.807) is 6.20 Å². The van der Waals surface area contributed by atoms with E-state index in [9.17, 15) is 9.59 Å². The molecule has 1 N–H and O–H groups in total. The number of aromatic nitrogens is 2. The zero-order chi connectivity index (χ0) is 21.5. The van der Waals surface area contributed by atoms with E-state index in [0.29, 0.717) is 31.7 Å². The number of carbonyl (C=O) groups is 2. The van der Waals surface area contributed by atoms with Crippen LogP contribution in [0.3, 0.4) is 0 Å². The lowest BCUT2D eigenvalue weighted by molar-refractivity contribution is -0.131. The van der Waals surface area contributed by atoms with Crippen LogP contribution in [0.1, 0.15) is 12.1 Å². The van der Waals surface area contributed by atoms with Crippen LogP contribution in [0, 0.1) is 0 Å². The van der Waals surface area contributed by atoms with E-state index in [1.165, 1.54) is 17.0 Å². The van der Waals surface area contributed by atoms with Crippen LogP contribution in [0.2, 0.25) is 0 Å². The molecule has 0 bridgehead atoms. The zero-order valence-corrected chi connectivity index (χ0v) is 18.1. The van der Waals surface area contributed by atoms with Gasteiger partial charge in [0.1, 0.15) is 5.01 Å². The van der Waals surface area contributed by atoms with Crippen molar-refractivity contribution >= 4 is 28.8 Å². The topological polar surface area (TPSA) is 78.4 Å². The first-order chi connectivity index (χ1) is 15.2. The van der Waals surface area contributed by atoms with Gasteiger partial charge in [-0.25, -0.2) is 4.98 Å². The molecule has 8 heteroatoms. The summed E-state index contributed by atoms with van der Waals surface area (Å²) in [5, 5.41) is 5.51. The van der Waals surface area contributed by atoms with Crippen molar-refractivity contribution < 1.29 is 9.59 Å². The number of para-hydroxylation sites is 1. The SMILES string of the molecule is O=C(Cc1csc(-c2ccccn2)n1)NCCC(=O)N1CCN(c2ccccc2)CC1. The second kappa shape index (κ2) is 10.2. The molecule has 1 aliphatic heterocycles. The largest absolute Gasteiger partial charge is 0.368 e. The van der Waals surface area contributed by atoms with Crippen molar-refractivity contribution in [1.82, 2.24) is 20.2 Å². The molecule has 1 aromatic carbocycles. The number of nitrogens with zero attached hydrogens (tertiary/aromatic N) is 4. The Hall–Kier alpha value is -3.26. The molecule has 0 atom stereocenters. The molecule has 0 spiro atoms. The summed E-state index contributed by atoms with van der Waals surface area (Å²) in [6.07, 6.45) is 2.24. The highest BCUT2D eigenvalue weighted by atomic mass is 32.1. The zero-order valence-electron chi connectivity index (χ0n) is 17.2. The van der Waals surface area contributed by atoms with Crippen molar-refractivity contribution in [2.24, 2.45) is 0 Å². The molecule has 0 unspecified atom stereocenters. The number of pyridine rings is 1. The number of nitrogens with one attached hydrogen (secondary N) is 1. The number of hydrogen-bond acceptors (Lipinski definition) is 6. The smallest absolute Gasteiger partial charge is 0.226 e. The number of hydrogen-bond donors (Lipinski definition) is 1. The van der Waals surface area contributed by atoms with Gasteiger partial charge in [-0.05, 0) is 24.3 Å². The van der Waals surface area contributed by atoms with E-state index >= 15 is 0 Å². The molecule has 1 aliphatic rings. The van der Waals surface area contributed by atoms with Crippen molar-refractivity contribution in [2.75, 3.05) is 37.6 Å². The summed E-state index contributed by atoms with van der Waals surface area (Å²) in [5.74, 6) is -0.0429. The maximum atomic E-state index is 12.5. The van der Waals surface area contributed by atoms with Crippen molar-refractivity contribution in [1.29, 1.82) is 0 Å². The lowest BCUT2D eigenvalue weighted by atomic mass is 10.2. The first-order valence-corrected chi connectivity index (χ1v) is 11.3. The minimum absolute atomic E-state index is 0.0825. The second-order valence-corrected chi connectivity index (χ2v) is 8.20. The Balaban J connectivity index is 1.17. The van der Waals surface area contributed by atoms with E-state index in [2.05, 4.69) is 32.3 Å². The fraction of sp³-hybridized carbons (Fsp3) is 0.304. The Kier molecular flexibility index (Phi) is 6.89. The van der Waals surface area contributed by atoms with Gasteiger partial charge >= 0.3 is 0 Å². The Bertz CT molecular complexity index is 1000. The first-order valence-electron chi connectivity index (χ1n) is 10.4. The van der Waals surface area contributed by atoms with Crippen LogP contribution in [0.15, 0.2) is 60.1 Å². The third-order valence-corrected chi connectivity index (χ3v) is 6.11. The molecule has 2 amide bonds. The summed E-state index contributed by atoms with van der Waals surface area (Å²) in [4.78, 5) is 37.6. The fourth-order valence-electron chi connectivity index (χ4n) is 3.54. The molecule has 1 fully saturated rings. The lowest BCUT2D eigenvalue weighted by Gasteiger charge is -2.36. The van der Waals surface area contributed by atoms with Crippen LogP contribution in [0.25, 0.3) is 10.7 Å². The van der Waals surface area contributed by atoms with Gasteiger partial charge in [0, 0.05) is 56.4 Å². The Morgan fingerprint density at radius 3 is 2.52 bits per heavy atom. The monoisotopic (exact) mass is 435 g/mol. The first kappa shape index (κ1) is 21.0. The number of anilines is 1. The highest BCUT2D eigenvalue weighted by molar-refractivity contribution is 7.13. The summed E-state index contributed by atoms with van der Waals surface area (Å²) >= 11 is 1.47. The number of amides is 2. The third kappa shape index (κ3) is 5.67. The molecule has 0 radical (unpaired) electrons. The number of thiazole rings is 1. The molecule has 0 aliphatic carbocycles. The van der Waals surface area contributed by atoms with E-state index in [-0.39, 0.29) is 18.2 Å². The van der Waals surface area contributed by atoms with Crippen molar-refractivity contribution in [3.8, 4) is 10.7 Å². The summed E-state index contributed by atoms with van der Waals surface area (Å²) in [6, 6.07) is 15.9. The van der Waals surface area contributed by atoms with Gasteiger partial charge in [-0.15, -0.1) is 11.3 Å². The van der Waals surface area contributed by atoms with Crippen LogP contribution in [-0.2, 0) is 16.0 Å². The molecule has 2 aromatic heterocycles. The Morgan fingerprint density at radius 1 is 1.00 bits per heavy atom. The lowest BCUT2D eigenvalue weighted by Crippen LogP contribution is -2.49. The van der Waals surface area contributed by atoms with Crippen LogP contribution >= 0.6 is 11.3 Å². The van der Waals surface area contributed by atoms with Gasteiger partial charge in [0.05, 0.1) is 17.8 Å². The number of carbonyl (C=O) groups excluding carboxylic acids is 2. The van der Waals surface area contributed by atoms with Crippen LogP contribution in [-0.4, -0.2) is 59.4 Å². The predicted molar refractivity (Wildman–Crippen MR) is 122 cm³/mol. The summed E-state index contributed by atoms with van der Waals surface area (Å²) in [5.41, 5.74) is 2.71. The van der Waals surface area contributed by atoms with Crippen LogP contribution in [0.4, 0.5) is 5.69 Å². The summed E-state index contributed by atoms with van der Waals surface area (Å²) in [6.45, 7) is 3.40. The molecule has 31 heavy (non-hydrogen) atoms. The second-order valence-electron chi connectivity index (χ2n) is 7.34. The highest BCUT2D eigenvalue weighted by Gasteiger charge is 2.21. The quantitative estimate of drug-likeness (QED) is 0.617. The summed E-state index contributed by atoms with van der Waals surface area (Å²) in [7, 11) is 0. The van der Waals surface area contributed by atoms with Crippen LogP contribution < -0.4 is 10.2 Å².